The predicted molar refractivity (Wildman–Crippen MR) is 181 cm³/mol. The van der Waals surface area contributed by atoms with Gasteiger partial charge in [0.05, 0.1) is 22.2 Å². The van der Waals surface area contributed by atoms with Crippen LogP contribution in [0.1, 0.15) is 84.2 Å². The zero-order valence-corrected chi connectivity index (χ0v) is 27.7. The maximum absolute atomic E-state index is 13.6. The average molecular weight is 644 g/mol. The second kappa shape index (κ2) is 14.0. The Bertz CT molecular complexity index is 1720. The van der Waals surface area contributed by atoms with Crippen LogP contribution in [-0.2, 0) is 13.1 Å². The number of benzene rings is 3. The summed E-state index contributed by atoms with van der Waals surface area (Å²) in [4.78, 5) is 29.1. The van der Waals surface area contributed by atoms with Gasteiger partial charge in [-0.15, -0.1) is 0 Å². The molecule has 242 valence electrons. The lowest BCUT2D eigenvalue weighted by Crippen LogP contribution is -2.43. The van der Waals surface area contributed by atoms with E-state index >= 15 is 0 Å². The van der Waals surface area contributed by atoms with Gasteiger partial charge in [-0.25, -0.2) is 4.39 Å². The third-order valence-corrected chi connectivity index (χ3v) is 9.81. The van der Waals surface area contributed by atoms with Gasteiger partial charge in [-0.2, -0.15) is 0 Å². The SMILES string of the molecule is Cc1cccc(CNC(=O)c2cn(CCCN3[C@@H]4CC[C@H]3C[C@@H](CC(=O)c3ccc(F)c(Cl)c3)C4)c3c(OC(C)C)cccc23)c1. The van der Waals surface area contributed by atoms with E-state index in [9.17, 15) is 14.0 Å². The Morgan fingerprint density at radius 3 is 2.50 bits per heavy atom. The summed E-state index contributed by atoms with van der Waals surface area (Å²) in [5, 5.41) is 4.01. The van der Waals surface area contributed by atoms with Crippen LogP contribution < -0.4 is 10.1 Å². The minimum atomic E-state index is -0.501. The zero-order valence-electron chi connectivity index (χ0n) is 26.9. The maximum atomic E-state index is 13.6. The molecule has 1 N–H and O–H groups in total. The number of ether oxygens (including phenoxy) is 1. The first-order valence-corrected chi connectivity index (χ1v) is 16.9. The highest BCUT2D eigenvalue weighted by atomic mass is 35.5. The van der Waals surface area contributed by atoms with Gasteiger partial charge in [0, 0.05) is 55.3 Å². The predicted octanol–water partition coefficient (Wildman–Crippen LogP) is 8.37. The number of hydrogen-bond donors (Lipinski definition) is 1. The van der Waals surface area contributed by atoms with Crippen LogP contribution in [0.5, 0.6) is 5.75 Å². The number of fused-ring (bicyclic) bond motifs is 3. The molecule has 0 unspecified atom stereocenters. The number of rotatable bonds is 12. The van der Waals surface area contributed by atoms with Crippen LogP contribution in [0.15, 0.2) is 66.9 Å². The number of carbonyl (C=O) groups is 2. The van der Waals surface area contributed by atoms with Crippen molar-refractivity contribution >= 4 is 34.2 Å². The molecular weight excluding hydrogens is 601 g/mol. The molecule has 3 atom stereocenters. The summed E-state index contributed by atoms with van der Waals surface area (Å²) in [6.45, 7) is 8.29. The monoisotopic (exact) mass is 643 g/mol. The summed E-state index contributed by atoms with van der Waals surface area (Å²) in [7, 11) is 0. The van der Waals surface area contributed by atoms with Crippen molar-refractivity contribution in [3.8, 4) is 5.75 Å². The quantitative estimate of drug-likeness (QED) is 0.158. The second-order valence-corrected chi connectivity index (χ2v) is 13.7. The summed E-state index contributed by atoms with van der Waals surface area (Å²) in [6, 6.07) is 19.3. The van der Waals surface area contributed by atoms with Gasteiger partial charge in [-0.05, 0) is 88.6 Å². The number of piperidine rings is 1. The van der Waals surface area contributed by atoms with E-state index in [1.165, 1.54) is 23.8 Å². The Morgan fingerprint density at radius 1 is 1.02 bits per heavy atom. The molecule has 1 aromatic heterocycles. The van der Waals surface area contributed by atoms with E-state index in [-0.39, 0.29) is 22.8 Å². The number of nitrogens with one attached hydrogen (secondary N) is 1. The topological polar surface area (TPSA) is 63.6 Å². The molecule has 1 amide bonds. The summed E-state index contributed by atoms with van der Waals surface area (Å²) in [5.74, 6) is 0.564. The van der Waals surface area contributed by atoms with E-state index in [1.807, 2.05) is 50.4 Å². The van der Waals surface area contributed by atoms with Gasteiger partial charge in [0.25, 0.3) is 5.91 Å². The average Bonchev–Trinajstić information content (AvgIpc) is 3.51. The van der Waals surface area contributed by atoms with E-state index in [2.05, 4.69) is 33.8 Å². The highest BCUT2D eigenvalue weighted by Crippen LogP contribution is 2.40. The first kappa shape index (κ1) is 32.3. The second-order valence-electron chi connectivity index (χ2n) is 13.3. The zero-order chi connectivity index (χ0) is 32.4. The lowest BCUT2D eigenvalue weighted by atomic mass is 9.85. The number of amides is 1. The highest BCUT2D eigenvalue weighted by Gasteiger charge is 2.40. The Labute approximate surface area is 275 Å². The van der Waals surface area contributed by atoms with E-state index in [0.29, 0.717) is 42.1 Å². The Kier molecular flexibility index (Phi) is 9.81. The van der Waals surface area contributed by atoms with E-state index in [1.54, 1.807) is 0 Å². The first-order chi connectivity index (χ1) is 22.2. The van der Waals surface area contributed by atoms with Gasteiger partial charge in [0.15, 0.2) is 5.78 Å². The summed E-state index contributed by atoms with van der Waals surface area (Å²) < 4.78 is 22.0. The molecule has 0 spiro atoms. The molecule has 4 aromatic rings. The number of carbonyl (C=O) groups excluding carboxylic acids is 2. The van der Waals surface area contributed by atoms with Crippen molar-refractivity contribution in [1.82, 2.24) is 14.8 Å². The molecule has 0 saturated carbocycles. The van der Waals surface area contributed by atoms with Gasteiger partial charge >= 0.3 is 0 Å². The van der Waals surface area contributed by atoms with Crippen molar-refractivity contribution < 1.29 is 18.7 Å². The van der Waals surface area contributed by atoms with Crippen molar-refractivity contribution in [2.24, 2.45) is 5.92 Å². The van der Waals surface area contributed by atoms with Crippen molar-refractivity contribution in [2.45, 2.75) is 90.6 Å². The largest absolute Gasteiger partial charge is 0.489 e. The van der Waals surface area contributed by atoms with Gasteiger partial charge in [-0.1, -0.05) is 53.6 Å². The Hall–Kier alpha value is -3.68. The van der Waals surface area contributed by atoms with Gasteiger partial charge in [0.2, 0.25) is 0 Å². The number of ketones is 1. The van der Waals surface area contributed by atoms with Crippen LogP contribution in [0.2, 0.25) is 5.02 Å². The standard InChI is InChI=1S/C38H43ClFN3O3/c1-24(2)46-36-10-5-9-31-32(38(45)41-22-26-8-4-7-25(3)17-26)23-42(37(31)36)15-6-16-43-29-12-13-30(43)19-27(18-29)20-35(44)28-11-14-34(40)33(39)21-28/h4-5,7-11,14,17,21,23-24,27,29-30H,6,12-13,15-16,18-20,22H2,1-3H3,(H,41,45)/t27-,29+,30-. The number of aryl methyl sites for hydroxylation is 2. The minimum absolute atomic E-state index is 0.00546. The van der Waals surface area contributed by atoms with Crippen molar-refractivity contribution in [1.29, 1.82) is 0 Å². The van der Waals surface area contributed by atoms with Gasteiger partial charge in [0.1, 0.15) is 11.6 Å². The molecule has 2 saturated heterocycles. The van der Waals surface area contributed by atoms with E-state index in [0.717, 1.165) is 67.4 Å². The molecule has 2 aliphatic rings. The molecule has 6 nitrogen and oxygen atoms in total. The van der Waals surface area contributed by atoms with Crippen LogP contribution in [-0.4, -0.2) is 45.9 Å². The maximum Gasteiger partial charge on any atom is 0.253 e. The lowest BCUT2D eigenvalue weighted by Gasteiger charge is -2.39. The molecule has 46 heavy (non-hydrogen) atoms. The molecule has 3 heterocycles. The van der Waals surface area contributed by atoms with E-state index < -0.39 is 5.82 Å². The third kappa shape index (κ3) is 7.16. The van der Waals surface area contributed by atoms with Crippen LogP contribution in [0.4, 0.5) is 4.39 Å². The van der Waals surface area contributed by atoms with Crippen LogP contribution >= 0.6 is 11.6 Å². The summed E-state index contributed by atoms with van der Waals surface area (Å²) in [5.41, 5.74) is 4.34. The summed E-state index contributed by atoms with van der Waals surface area (Å²) in [6.07, 6.45) is 7.72. The fraction of sp³-hybridized carbons (Fsp3) is 0.421. The normalized spacial score (nSPS) is 19.6. The molecule has 2 bridgehead atoms. The first-order valence-electron chi connectivity index (χ1n) is 16.5. The molecule has 2 fully saturated rings. The van der Waals surface area contributed by atoms with Gasteiger partial charge < -0.3 is 14.6 Å². The number of nitrogens with zero attached hydrogens (tertiary/aromatic N) is 2. The number of Topliss-reactive ketones (excluding diaryl/α,β-unsaturated/α-hetero) is 1. The van der Waals surface area contributed by atoms with Gasteiger partial charge in [-0.3, -0.25) is 14.5 Å². The molecule has 0 aliphatic carbocycles. The Morgan fingerprint density at radius 2 is 1.78 bits per heavy atom. The molecule has 0 radical (unpaired) electrons. The van der Waals surface area contributed by atoms with Crippen LogP contribution in [0, 0.1) is 18.7 Å². The summed E-state index contributed by atoms with van der Waals surface area (Å²) >= 11 is 5.93. The Balaban J connectivity index is 1.12. The molecule has 6 rings (SSSR count). The van der Waals surface area contributed by atoms with Crippen molar-refractivity contribution in [3.05, 3.63) is 100.0 Å². The fourth-order valence-electron chi connectivity index (χ4n) is 7.52. The number of para-hydroxylation sites is 1. The molecule has 2 aliphatic heterocycles. The van der Waals surface area contributed by atoms with Crippen LogP contribution in [0.25, 0.3) is 10.9 Å². The number of halogens is 2. The smallest absolute Gasteiger partial charge is 0.253 e. The number of hydrogen-bond acceptors (Lipinski definition) is 4. The fourth-order valence-corrected chi connectivity index (χ4v) is 7.70. The minimum Gasteiger partial charge on any atom is -0.489 e. The molecular formula is C38H43ClFN3O3. The lowest BCUT2D eigenvalue weighted by molar-refractivity contribution is 0.0807. The van der Waals surface area contributed by atoms with Crippen LogP contribution in [0.3, 0.4) is 0 Å². The highest BCUT2D eigenvalue weighted by molar-refractivity contribution is 6.31. The molecule has 8 heteroatoms. The molecule has 3 aromatic carbocycles. The van der Waals surface area contributed by atoms with Crippen molar-refractivity contribution in [2.75, 3.05) is 6.54 Å². The number of aromatic nitrogens is 1. The third-order valence-electron chi connectivity index (χ3n) is 9.52. The van der Waals surface area contributed by atoms with E-state index in [4.69, 9.17) is 16.3 Å². The van der Waals surface area contributed by atoms with Crippen molar-refractivity contribution in [3.63, 3.8) is 0 Å².